The Kier molecular flexibility index (Phi) is 7.25. The second kappa shape index (κ2) is 8.44. The van der Waals surface area contributed by atoms with Gasteiger partial charge in [-0.1, -0.05) is 19.9 Å². The summed E-state index contributed by atoms with van der Waals surface area (Å²) >= 11 is 0. The molecule has 0 aromatic heterocycles. The van der Waals surface area contributed by atoms with E-state index in [2.05, 4.69) is 5.32 Å². The third kappa shape index (κ3) is 6.09. The maximum Gasteiger partial charge on any atom is 0.159 e. The zero-order valence-corrected chi connectivity index (χ0v) is 13.3. The predicted octanol–water partition coefficient (Wildman–Crippen LogP) is 3.22. The lowest BCUT2D eigenvalue weighted by Crippen LogP contribution is -2.23. The van der Waals surface area contributed by atoms with E-state index in [-0.39, 0.29) is 17.5 Å². The first-order valence-corrected chi connectivity index (χ1v) is 9.10. The number of benzene rings is 1. The van der Waals surface area contributed by atoms with Gasteiger partial charge in [-0.25, -0.2) is 17.2 Å². The molecule has 0 aliphatic rings. The van der Waals surface area contributed by atoms with Crippen LogP contribution in [0.2, 0.25) is 0 Å². The molecule has 1 aromatic carbocycles. The van der Waals surface area contributed by atoms with Crippen molar-refractivity contribution in [2.45, 2.75) is 39.2 Å². The first-order valence-electron chi connectivity index (χ1n) is 7.28. The number of nitrogens with one attached hydrogen (secondary N) is 1. The Hall–Kier alpha value is -1.01. The Labute approximate surface area is 125 Å². The number of rotatable bonds is 9. The van der Waals surface area contributed by atoms with Gasteiger partial charge in [-0.05, 0) is 43.5 Å². The molecule has 0 heterocycles. The van der Waals surface area contributed by atoms with Gasteiger partial charge < -0.3 is 5.32 Å². The Morgan fingerprint density at radius 1 is 1.19 bits per heavy atom. The molecule has 120 valence electrons. The number of hydrogen-bond donors (Lipinski definition) is 1. The molecule has 0 amide bonds. The summed E-state index contributed by atoms with van der Waals surface area (Å²) < 4.78 is 49.3. The van der Waals surface area contributed by atoms with E-state index in [0.717, 1.165) is 19.0 Å². The van der Waals surface area contributed by atoms with Gasteiger partial charge in [-0.15, -0.1) is 0 Å². The number of hydrogen-bond acceptors (Lipinski definition) is 3. The quantitative estimate of drug-likeness (QED) is 0.760. The molecule has 1 rings (SSSR count). The van der Waals surface area contributed by atoms with Crippen molar-refractivity contribution >= 4 is 9.84 Å². The van der Waals surface area contributed by atoms with Crippen molar-refractivity contribution < 1.29 is 17.2 Å². The zero-order chi connectivity index (χ0) is 15.9. The van der Waals surface area contributed by atoms with Gasteiger partial charge in [0, 0.05) is 11.8 Å². The van der Waals surface area contributed by atoms with Crippen molar-refractivity contribution in [3.63, 3.8) is 0 Å². The molecule has 0 aliphatic carbocycles. The van der Waals surface area contributed by atoms with Crippen LogP contribution in [0.15, 0.2) is 18.2 Å². The van der Waals surface area contributed by atoms with Crippen molar-refractivity contribution in [1.82, 2.24) is 5.32 Å². The molecule has 6 heteroatoms. The first kappa shape index (κ1) is 18.0. The number of sulfone groups is 1. The summed E-state index contributed by atoms with van der Waals surface area (Å²) in [6.07, 6.45) is 1.98. The van der Waals surface area contributed by atoms with Crippen LogP contribution in [0.5, 0.6) is 0 Å². The second-order valence-electron chi connectivity index (χ2n) is 5.06. The van der Waals surface area contributed by atoms with Crippen molar-refractivity contribution in [2.75, 3.05) is 18.1 Å². The van der Waals surface area contributed by atoms with Gasteiger partial charge in [-0.2, -0.15) is 0 Å². The lowest BCUT2D eigenvalue weighted by atomic mass is 10.0. The van der Waals surface area contributed by atoms with Crippen molar-refractivity contribution in [1.29, 1.82) is 0 Å². The van der Waals surface area contributed by atoms with Gasteiger partial charge in [0.15, 0.2) is 11.6 Å². The molecular weight excluding hydrogens is 296 g/mol. The van der Waals surface area contributed by atoms with Crippen molar-refractivity contribution in [2.24, 2.45) is 0 Å². The van der Waals surface area contributed by atoms with Crippen LogP contribution < -0.4 is 5.32 Å². The van der Waals surface area contributed by atoms with Gasteiger partial charge in [0.1, 0.15) is 9.84 Å². The lowest BCUT2D eigenvalue weighted by Gasteiger charge is -2.19. The second-order valence-corrected chi connectivity index (χ2v) is 7.53. The molecule has 0 radical (unpaired) electrons. The summed E-state index contributed by atoms with van der Waals surface area (Å²) in [5.41, 5.74) is 0.649. The molecule has 0 fully saturated rings. The maximum atomic E-state index is 13.3. The summed E-state index contributed by atoms with van der Waals surface area (Å²) in [5.74, 6) is -1.50. The Morgan fingerprint density at radius 3 is 2.48 bits per heavy atom. The minimum Gasteiger partial charge on any atom is -0.310 e. The fraction of sp³-hybridized carbons (Fsp3) is 0.600. The minimum absolute atomic E-state index is 0.123. The van der Waals surface area contributed by atoms with Crippen LogP contribution >= 0.6 is 0 Å². The average molecular weight is 319 g/mol. The molecule has 0 saturated carbocycles. The molecule has 0 spiro atoms. The molecule has 0 aliphatic heterocycles. The third-order valence-corrected chi connectivity index (χ3v) is 5.17. The smallest absolute Gasteiger partial charge is 0.159 e. The lowest BCUT2D eigenvalue weighted by molar-refractivity contribution is 0.476. The fourth-order valence-electron chi connectivity index (χ4n) is 2.09. The monoisotopic (exact) mass is 319 g/mol. The fourth-order valence-corrected chi connectivity index (χ4v) is 2.98. The van der Waals surface area contributed by atoms with E-state index >= 15 is 0 Å². The van der Waals surface area contributed by atoms with E-state index < -0.39 is 21.5 Å². The van der Waals surface area contributed by atoms with Crippen LogP contribution in [0.3, 0.4) is 0 Å². The van der Waals surface area contributed by atoms with Crippen molar-refractivity contribution in [3.05, 3.63) is 35.4 Å². The number of halogens is 2. The molecule has 21 heavy (non-hydrogen) atoms. The topological polar surface area (TPSA) is 46.2 Å². The van der Waals surface area contributed by atoms with Gasteiger partial charge in [0.05, 0.1) is 5.75 Å². The normalized spacial score (nSPS) is 13.3. The van der Waals surface area contributed by atoms with Crippen molar-refractivity contribution in [3.8, 4) is 0 Å². The first-order chi connectivity index (χ1) is 9.89. The average Bonchev–Trinajstić information content (AvgIpc) is 2.45. The van der Waals surface area contributed by atoms with E-state index in [4.69, 9.17) is 0 Å². The van der Waals surface area contributed by atoms with E-state index in [1.54, 1.807) is 13.0 Å². The van der Waals surface area contributed by atoms with Gasteiger partial charge in [0.2, 0.25) is 0 Å². The highest BCUT2D eigenvalue weighted by Gasteiger charge is 2.15. The molecule has 1 aromatic rings. The van der Waals surface area contributed by atoms with E-state index in [1.165, 1.54) is 6.07 Å². The Balaban J connectivity index is 2.73. The van der Waals surface area contributed by atoms with Crippen LogP contribution in [0.1, 0.15) is 44.7 Å². The van der Waals surface area contributed by atoms with E-state index in [1.807, 2.05) is 6.92 Å². The molecular formula is C15H23F2NO2S. The molecule has 0 saturated heterocycles. The Bertz CT molecular complexity index is 547. The molecule has 0 bridgehead atoms. The maximum absolute atomic E-state index is 13.3. The third-order valence-electron chi connectivity index (χ3n) is 3.37. The molecule has 3 nitrogen and oxygen atoms in total. The summed E-state index contributed by atoms with van der Waals surface area (Å²) in [6, 6.07) is 3.66. The van der Waals surface area contributed by atoms with Crippen LogP contribution in [0.4, 0.5) is 8.78 Å². The highest BCUT2D eigenvalue weighted by atomic mass is 32.2. The summed E-state index contributed by atoms with van der Waals surface area (Å²) in [7, 11) is -2.99. The molecule has 1 atom stereocenters. The standard InChI is InChI=1S/C15H23F2NO2S/c1-3-9-18-15(6-5-10-21(19,20)4-2)12-7-8-13(16)14(17)11-12/h7-8,11,15,18H,3-6,9-10H2,1-2H3. The van der Waals surface area contributed by atoms with Crippen LogP contribution in [-0.4, -0.2) is 26.5 Å². The highest BCUT2D eigenvalue weighted by Crippen LogP contribution is 2.21. The van der Waals surface area contributed by atoms with Crippen LogP contribution in [0, 0.1) is 11.6 Å². The van der Waals surface area contributed by atoms with E-state index in [0.29, 0.717) is 18.4 Å². The summed E-state index contributed by atoms with van der Waals surface area (Å²) in [4.78, 5) is 0. The zero-order valence-electron chi connectivity index (χ0n) is 12.5. The predicted molar refractivity (Wildman–Crippen MR) is 81.0 cm³/mol. The largest absolute Gasteiger partial charge is 0.310 e. The van der Waals surface area contributed by atoms with Gasteiger partial charge in [0.25, 0.3) is 0 Å². The highest BCUT2D eigenvalue weighted by molar-refractivity contribution is 7.91. The molecule has 1 N–H and O–H groups in total. The SMILES string of the molecule is CCCNC(CCCS(=O)(=O)CC)c1ccc(F)c(F)c1. The van der Waals surface area contributed by atoms with E-state index in [9.17, 15) is 17.2 Å². The minimum atomic E-state index is -2.99. The van der Waals surface area contributed by atoms with Gasteiger partial charge >= 0.3 is 0 Å². The molecule has 1 unspecified atom stereocenters. The Morgan fingerprint density at radius 2 is 1.90 bits per heavy atom. The summed E-state index contributed by atoms with van der Waals surface area (Å²) in [6.45, 7) is 4.37. The van der Waals surface area contributed by atoms with Gasteiger partial charge in [-0.3, -0.25) is 0 Å². The van der Waals surface area contributed by atoms with Crippen LogP contribution in [-0.2, 0) is 9.84 Å². The van der Waals surface area contributed by atoms with Crippen LogP contribution in [0.25, 0.3) is 0 Å². The summed E-state index contributed by atoms with van der Waals surface area (Å²) in [5, 5.41) is 3.25.